The predicted octanol–water partition coefficient (Wildman–Crippen LogP) is 2.01. The van der Waals surface area contributed by atoms with Crippen LogP contribution in [0.2, 0.25) is 0 Å². The van der Waals surface area contributed by atoms with E-state index >= 15 is 0 Å². The summed E-state index contributed by atoms with van der Waals surface area (Å²) in [5, 5.41) is 3.14. The Kier molecular flexibility index (Phi) is 6.88. The van der Waals surface area contributed by atoms with E-state index in [1.807, 2.05) is 19.0 Å². The molecule has 4 rings (SSSR count). The minimum Gasteiger partial charge on any atom is -0.344 e. The molecule has 1 aromatic carbocycles. The number of carbonyl (C=O) groups excluding carboxylic acids is 1. The first-order chi connectivity index (χ1) is 14.2. The van der Waals surface area contributed by atoms with Crippen LogP contribution in [-0.2, 0) is 17.6 Å². The second-order valence-electron chi connectivity index (χ2n) is 9.30. The van der Waals surface area contributed by atoms with Crippen LogP contribution in [-0.4, -0.2) is 86.1 Å². The molecule has 1 unspecified atom stereocenters. The summed E-state index contributed by atoms with van der Waals surface area (Å²) in [6.07, 6.45) is 7.17. The van der Waals surface area contributed by atoms with Crippen LogP contribution in [0.1, 0.15) is 36.8 Å². The van der Waals surface area contributed by atoms with Crippen molar-refractivity contribution in [3.8, 4) is 0 Å². The summed E-state index contributed by atoms with van der Waals surface area (Å²) in [5.41, 5.74) is 3.11. The van der Waals surface area contributed by atoms with Crippen LogP contribution in [0.25, 0.3) is 0 Å². The summed E-state index contributed by atoms with van der Waals surface area (Å²) < 4.78 is 0. The van der Waals surface area contributed by atoms with Crippen molar-refractivity contribution in [2.45, 2.75) is 50.6 Å². The van der Waals surface area contributed by atoms with E-state index in [0.29, 0.717) is 18.0 Å². The molecule has 3 aliphatic rings. The van der Waals surface area contributed by atoms with Crippen molar-refractivity contribution in [2.24, 2.45) is 5.92 Å². The van der Waals surface area contributed by atoms with Gasteiger partial charge in [0.15, 0.2) is 0 Å². The van der Waals surface area contributed by atoms with E-state index in [2.05, 4.69) is 39.4 Å². The Bertz CT molecular complexity index is 660. The number of piperidine rings is 2. The van der Waals surface area contributed by atoms with E-state index in [9.17, 15) is 4.79 Å². The number of benzene rings is 1. The highest BCUT2D eigenvalue weighted by atomic mass is 16.2. The van der Waals surface area contributed by atoms with Gasteiger partial charge < -0.3 is 10.2 Å². The molecule has 0 bridgehead atoms. The summed E-state index contributed by atoms with van der Waals surface area (Å²) in [5.74, 6) is 0.527. The lowest BCUT2D eigenvalue weighted by Crippen LogP contribution is -2.52. The lowest BCUT2D eigenvalue weighted by molar-refractivity contribution is -0.136. The molecule has 5 nitrogen and oxygen atoms in total. The Labute approximate surface area is 176 Å². The molecule has 1 atom stereocenters. The van der Waals surface area contributed by atoms with Gasteiger partial charge in [-0.3, -0.25) is 14.6 Å². The summed E-state index contributed by atoms with van der Waals surface area (Å²) in [7, 11) is 3.90. The largest absolute Gasteiger partial charge is 0.344 e. The fraction of sp³-hybridized carbons (Fsp3) is 0.708. The number of likely N-dealkylation sites (tertiary alicyclic amines) is 2. The molecule has 1 aliphatic carbocycles. The van der Waals surface area contributed by atoms with Crippen LogP contribution in [0.3, 0.4) is 0 Å². The molecular weight excluding hydrogens is 360 g/mol. The zero-order valence-corrected chi connectivity index (χ0v) is 18.3. The van der Waals surface area contributed by atoms with Crippen molar-refractivity contribution in [1.29, 1.82) is 0 Å². The molecule has 0 aromatic heterocycles. The maximum Gasteiger partial charge on any atom is 0.226 e. The van der Waals surface area contributed by atoms with Crippen molar-refractivity contribution < 1.29 is 4.79 Å². The van der Waals surface area contributed by atoms with E-state index < -0.39 is 0 Å². The minimum atomic E-state index is 0.188. The maximum atomic E-state index is 12.8. The molecule has 5 heteroatoms. The Morgan fingerprint density at radius 3 is 2.38 bits per heavy atom. The highest BCUT2D eigenvalue weighted by Gasteiger charge is 2.35. The average Bonchev–Trinajstić information content (AvgIpc) is 3.21. The first-order valence-electron chi connectivity index (χ1n) is 11.6. The number of hydrogen-bond acceptors (Lipinski definition) is 4. The lowest BCUT2D eigenvalue weighted by Gasteiger charge is -2.43. The van der Waals surface area contributed by atoms with Crippen LogP contribution in [0.15, 0.2) is 24.3 Å². The number of nitrogens with zero attached hydrogens (tertiary/aromatic N) is 3. The van der Waals surface area contributed by atoms with Gasteiger partial charge in [-0.1, -0.05) is 24.3 Å². The fourth-order valence-electron chi connectivity index (χ4n) is 5.65. The molecule has 2 aliphatic heterocycles. The molecular formula is C24H38N4O. The summed E-state index contributed by atoms with van der Waals surface area (Å²) in [4.78, 5) is 20.1. The second kappa shape index (κ2) is 9.59. The number of hydrogen-bond donors (Lipinski definition) is 1. The molecule has 0 spiro atoms. The summed E-state index contributed by atoms with van der Waals surface area (Å²) >= 11 is 0. The zero-order chi connectivity index (χ0) is 20.2. The molecule has 2 heterocycles. The van der Waals surface area contributed by atoms with E-state index in [1.54, 1.807) is 11.1 Å². The topological polar surface area (TPSA) is 38.8 Å². The van der Waals surface area contributed by atoms with Crippen LogP contribution in [0.4, 0.5) is 0 Å². The van der Waals surface area contributed by atoms with Crippen molar-refractivity contribution in [2.75, 3.05) is 53.4 Å². The van der Waals surface area contributed by atoms with Gasteiger partial charge >= 0.3 is 0 Å². The van der Waals surface area contributed by atoms with Crippen molar-refractivity contribution in [3.05, 3.63) is 35.4 Å². The first-order valence-corrected chi connectivity index (χ1v) is 11.6. The van der Waals surface area contributed by atoms with Gasteiger partial charge in [0.1, 0.15) is 0 Å². The number of likely N-dealkylation sites (N-methyl/N-ethyl adjacent to an activating group) is 2. The zero-order valence-electron chi connectivity index (χ0n) is 18.3. The third-order valence-corrected chi connectivity index (χ3v) is 7.44. The molecule has 160 valence electrons. The number of nitrogens with one attached hydrogen (secondary N) is 1. The Morgan fingerprint density at radius 2 is 1.72 bits per heavy atom. The van der Waals surface area contributed by atoms with E-state index in [1.165, 1.54) is 45.3 Å². The highest BCUT2D eigenvalue weighted by Crippen LogP contribution is 2.30. The average molecular weight is 399 g/mol. The van der Waals surface area contributed by atoms with Gasteiger partial charge in [-0.25, -0.2) is 0 Å². The SMILES string of the molecule is CNCCN(C)C(=O)C1CCCN(C2CCN(C3Cc4ccccc4C3)CC2)C1. The maximum absolute atomic E-state index is 12.8. The number of fused-ring (bicyclic) bond motifs is 1. The van der Waals surface area contributed by atoms with Crippen molar-refractivity contribution >= 4 is 5.91 Å². The van der Waals surface area contributed by atoms with Crippen molar-refractivity contribution in [3.63, 3.8) is 0 Å². The predicted molar refractivity (Wildman–Crippen MR) is 118 cm³/mol. The van der Waals surface area contributed by atoms with Gasteiger partial charge in [-0.05, 0) is 76.3 Å². The molecule has 2 fully saturated rings. The normalized spacial score (nSPS) is 24.6. The summed E-state index contributed by atoms with van der Waals surface area (Å²) in [6.45, 7) is 6.21. The van der Waals surface area contributed by atoms with Gasteiger partial charge in [0.2, 0.25) is 5.91 Å². The lowest BCUT2D eigenvalue weighted by atomic mass is 9.92. The van der Waals surface area contributed by atoms with Gasteiger partial charge in [-0.2, -0.15) is 0 Å². The molecule has 29 heavy (non-hydrogen) atoms. The summed E-state index contributed by atoms with van der Waals surface area (Å²) in [6, 6.07) is 10.3. The van der Waals surface area contributed by atoms with Gasteiger partial charge in [0.25, 0.3) is 0 Å². The number of carbonyl (C=O) groups is 1. The molecule has 0 radical (unpaired) electrons. The molecule has 2 saturated heterocycles. The van der Waals surface area contributed by atoms with E-state index in [4.69, 9.17) is 0 Å². The minimum absolute atomic E-state index is 0.188. The van der Waals surface area contributed by atoms with E-state index in [-0.39, 0.29) is 5.92 Å². The van der Waals surface area contributed by atoms with E-state index in [0.717, 1.165) is 32.5 Å². The van der Waals surface area contributed by atoms with Crippen LogP contribution in [0.5, 0.6) is 0 Å². The van der Waals surface area contributed by atoms with Gasteiger partial charge in [-0.15, -0.1) is 0 Å². The van der Waals surface area contributed by atoms with Crippen LogP contribution >= 0.6 is 0 Å². The third kappa shape index (κ3) is 4.84. The fourth-order valence-corrected chi connectivity index (χ4v) is 5.65. The molecule has 1 aromatic rings. The Morgan fingerprint density at radius 1 is 1.03 bits per heavy atom. The number of amides is 1. The monoisotopic (exact) mass is 398 g/mol. The highest BCUT2D eigenvalue weighted by molar-refractivity contribution is 5.78. The molecule has 0 saturated carbocycles. The van der Waals surface area contributed by atoms with Crippen molar-refractivity contribution in [1.82, 2.24) is 20.0 Å². The standard InChI is InChI=1S/C24H38N4O/c1-25-11-15-26(2)24(29)21-8-5-12-28(18-21)22-9-13-27(14-10-22)23-16-19-6-3-4-7-20(19)17-23/h3-4,6-7,21-23,25H,5,8-18H2,1-2H3. The second-order valence-corrected chi connectivity index (χ2v) is 9.30. The Hall–Kier alpha value is -1.43. The third-order valence-electron chi connectivity index (χ3n) is 7.44. The van der Waals surface area contributed by atoms with Crippen LogP contribution < -0.4 is 5.32 Å². The quantitative estimate of drug-likeness (QED) is 0.796. The first kappa shape index (κ1) is 20.8. The molecule has 1 amide bonds. The van der Waals surface area contributed by atoms with Crippen LogP contribution in [0, 0.1) is 5.92 Å². The van der Waals surface area contributed by atoms with Gasteiger partial charge in [0.05, 0.1) is 5.92 Å². The van der Waals surface area contributed by atoms with Gasteiger partial charge in [0, 0.05) is 38.8 Å². The Balaban J connectivity index is 1.26. The smallest absolute Gasteiger partial charge is 0.226 e. The molecule has 1 N–H and O–H groups in total. The number of rotatable bonds is 6.